The Hall–Kier alpha value is -3.93. The number of nitrogens with one attached hydrogen (secondary N) is 1. The first kappa shape index (κ1) is 30.7. The van der Waals surface area contributed by atoms with E-state index >= 15 is 0 Å². The summed E-state index contributed by atoms with van der Waals surface area (Å²) in [4.78, 5) is 32.9. The Morgan fingerprint density at radius 2 is 1.61 bits per heavy atom. The molecule has 3 aliphatic rings. The summed E-state index contributed by atoms with van der Waals surface area (Å²) in [6.07, 6.45) is 0.979. The van der Waals surface area contributed by atoms with E-state index in [0.29, 0.717) is 44.0 Å². The van der Waals surface area contributed by atoms with Crippen molar-refractivity contribution in [1.82, 2.24) is 14.4 Å². The number of benzene rings is 3. The van der Waals surface area contributed by atoms with Gasteiger partial charge in [0.05, 0.1) is 16.3 Å². The Kier molecular flexibility index (Phi) is 8.48. The van der Waals surface area contributed by atoms with Crippen molar-refractivity contribution in [3.8, 4) is 0 Å². The van der Waals surface area contributed by atoms with E-state index in [0.717, 1.165) is 41.9 Å². The predicted molar refractivity (Wildman–Crippen MR) is 183 cm³/mol. The Labute approximate surface area is 277 Å². The highest BCUT2D eigenvalue weighted by molar-refractivity contribution is 9.10. The van der Waals surface area contributed by atoms with E-state index in [-0.39, 0.29) is 28.2 Å². The van der Waals surface area contributed by atoms with Crippen molar-refractivity contribution in [2.24, 2.45) is 5.92 Å². The van der Waals surface area contributed by atoms with Crippen LogP contribution in [0.25, 0.3) is 0 Å². The molecule has 238 valence electrons. The van der Waals surface area contributed by atoms with Crippen LogP contribution in [0.1, 0.15) is 34.0 Å². The van der Waals surface area contributed by atoms with Crippen LogP contribution in [0.5, 0.6) is 0 Å². The van der Waals surface area contributed by atoms with Gasteiger partial charge in [0.1, 0.15) is 0 Å². The highest BCUT2D eigenvalue weighted by Gasteiger charge is 2.36. The third-order valence-corrected chi connectivity index (χ3v) is 11.3. The van der Waals surface area contributed by atoms with Gasteiger partial charge in [0.2, 0.25) is 0 Å². The van der Waals surface area contributed by atoms with Crippen molar-refractivity contribution < 1.29 is 13.2 Å². The molecule has 1 aromatic heterocycles. The first-order valence-corrected chi connectivity index (χ1v) is 17.9. The standard InChI is InChI=1S/C35H36BrN5O4S/c36-29-10-12-30(13-11-29)46(44,45)37-31-20-27(35(43)39-17-15-38(16-18-39)21-25-5-2-1-3-6-25)9-14-33(31)40-22-26-19-28(24-40)32-7-4-8-34(42)41(32)23-26/h1-14,20,26,28,37H,15-19,21-24H2/t26-,28+/m1/s1. The maximum absolute atomic E-state index is 13.8. The highest BCUT2D eigenvalue weighted by atomic mass is 79.9. The number of sulfonamides is 1. The average Bonchev–Trinajstić information content (AvgIpc) is 3.06. The third kappa shape index (κ3) is 6.36. The van der Waals surface area contributed by atoms with Crippen LogP contribution >= 0.6 is 15.9 Å². The van der Waals surface area contributed by atoms with E-state index in [1.165, 1.54) is 5.56 Å². The maximum atomic E-state index is 13.8. The van der Waals surface area contributed by atoms with Gasteiger partial charge >= 0.3 is 0 Å². The van der Waals surface area contributed by atoms with Gasteiger partial charge in [0, 0.05) is 80.1 Å². The van der Waals surface area contributed by atoms with Crippen LogP contribution in [0.2, 0.25) is 0 Å². The fourth-order valence-electron chi connectivity index (χ4n) is 7.07. The van der Waals surface area contributed by atoms with Gasteiger partial charge in [-0.3, -0.25) is 19.2 Å². The molecular formula is C35H36BrN5O4S. The molecule has 0 unspecified atom stereocenters. The molecule has 1 N–H and O–H groups in total. The maximum Gasteiger partial charge on any atom is 0.261 e. The topological polar surface area (TPSA) is 95.0 Å². The molecule has 4 heterocycles. The summed E-state index contributed by atoms with van der Waals surface area (Å²) in [6.45, 7) is 5.53. The van der Waals surface area contributed by atoms with E-state index in [1.807, 2.05) is 51.9 Å². The number of anilines is 2. The summed E-state index contributed by atoms with van der Waals surface area (Å²) in [5.41, 5.74) is 3.84. The zero-order chi connectivity index (χ0) is 31.8. The number of fused-ring (bicyclic) bond motifs is 4. The van der Waals surface area contributed by atoms with Gasteiger partial charge in [-0.1, -0.05) is 52.3 Å². The monoisotopic (exact) mass is 701 g/mol. The minimum absolute atomic E-state index is 0.0207. The average molecular weight is 703 g/mol. The second-order valence-corrected chi connectivity index (χ2v) is 15.0. The molecule has 3 aromatic carbocycles. The lowest BCUT2D eigenvalue weighted by molar-refractivity contribution is 0.0628. The number of aromatic nitrogens is 1. The lowest BCUT2D eigenvalue weighted by atomic mass is 9.83. The number of piperazine rings is 1. The molecule has 0 aliphatic carbocycles. The number of rotatable bonds is 7. The van der Waals surface area contributed by atoms with Gasteiger partial charge < -0.3 is 14.4 Å². The number of hydrogen-bond donors (Lipinski definition) is 1. The second kappa shape index (κ2) is 12.7. The van der Waals surface area contributed by atoms with Crippen molar-refractivity contribution in [2.75, 3.05) is 48.9 Å². The molecule has 2 atom stereocenters. The number of carbonyl (C=O) groups is 1. The van der Waals surface area contributed by atoms with E-state index in [2.05, 4.69) is 42.6 Å². The molecule has 0 saturated carbocycles. The van der Waals surface area contributed by atoms with Crippen molar-refractivity contribution in [1.29, 1.82) is 0 Å². The Morgan fingerprint density at radius 3 is 2.37 bits per heavy atom. The normalized spacial score (nSPS) is 19.8. The number of amides is 1. The van der Waals surface area contributed by atoms with Crippen LogP contribution in [0.15, 0.2) is 105 Å². The molecule has 0 radical (unpaired) electrons. The molecule has 46 heavy (non-hydrogen) atoms. The van der Waals surface area contributed by atoms with Crippen molar-refractivity contribution in [3.63, 3.8) is 0 Å². The molecule has 2 saturated heterocycles. The molecule has 2 bridgehead atoms. The molecule has 11 heteroatoms. The Morgan fingerprint density at radius 1 is 0.848 bits per heavy atom. The van der Waals surface area contributed by atoms with Crippen LogP contribution in [0, 0.1) is 5.92 Å². The molecule has 1 amide bonds. The number of carbonyl (C=O) groups excluding carboxylic acids is 1. The predicted octanol–water partition coefficient (Wildman–Crippen LogP) is 4.99. The second-order valence-electron chi connectivity index (χ2n) is 12.4. The Bertz CT molecular complexity index is 1910. The third-order valence-electron chi connectivity index (χ3n) is 9.34. The van der Waals surface area contributed by atoms with Crippen LogP contribution in [0.4, 0.5) is 11.4 Å². The minimum Gasteiger partial charge on any atom is -0.369 e. The van der Waals surface area contributed by atoms with Gasteiger partial charge in [0.15, 0.2) is 0 Å². The van der Waals surface area contributed by atoms with Gasteiger partial charge in [-0.15, -0.1) is 0 Å². The summed E-state index contributed by atoms with van der Waals surface area (Å²) in [7, 11) is -3.94. The molecule has 4 aromatic rings. The molecule has 7 rings (SSSR count). The first-order chi connectivity index (χ1) is 22.2. The summed E-state index contributed by atoms with van der Waals surface area (Å²) in [5.74, 6) is 0.278. The smallest absolute Gasteiger partial charge is 0.261 e. The van der Waals surface area contributed by atoms with Crippen molar-refractivity contribution >= 4 is 43.2 Å². The van der Waals surface area contributed by atoms with E-state index < -0.39 is 10.0 Å². The summed E-state index contributed by atoms with van der Waals surface area (Å²) in [5, 5.41) is 0. The van der Waals surface area contributed by atoms with E-state index in [4.69, 9.17) is 0 Å². The van der Waals surface area contributed by atoms with E-state index in [9.17, 15) is 18.0 Å². The number of pyridine rings is 1. The SMILES string of the molecule is O=C(c1ccc(N2C[C@H]3C[C@@H](C2)c2cccc(=O)n2C3)c(NS(=O)(=O)c2ccc(Br)cc2)c1)N1CCN(Cc2ccccc2)CC1. The quantitative estimate of drug-likeness (QED) is 0.292. The molecule has 9 nitrogen and oxygen atoms in total. The minimum atomic E-state index is -3.94. The molecule has 3 aliphatic heterocycles. The fraction of sp³-hybridized carbons (Fsp3) is 0.314. The van der Waals surface area contributed by atoms with Crippen molar-refractivity contribution in [3.05, 3.63) is 123 Å². The highest BCUT2D eigenvalue weighted by Crippen LogP contribution is 2.40. The van der Waals surface area contributed by atoms with Crippen LogP contribution in [-0.2, 0) is 23.1 Å². The van der Waals surface area contributed by atoms with Crippen LogP contribution in [-0.4, -0.2) is 68.0 Å². The Balaban J connectivity index is 1.15. The number of piperidine rings is 1. The van der Waals surface area contributed by atoms with Gasteiger partial charge in [-0.05, 0) is 66.4 Å². The van der Waals surface area contributed by atoms with Gasteiger partial charge in [-0.25, -0.2) is 8.42 Å². The zero-order valence-electron chi connectivity index (χ0n) is 25.4. The van der Waals surface area contributed by atoms with Gasteiger partial charge in [-0.2, -0.15) is 0 Å². The zero-order valence-corrected chi connectivity index (χ0v) is 27.8. The first-order valence-electron chi connectivity index (χ1n) is 15.7. The van der Waals surface area contributed by atoms with Gasteiger partial charge in [0.25, 0.3) is 21.5 Å². The van der Waals surface area contributed by atoms with Crippen molar-refractivity contribution in [2.45, 2.75) is 30.3 Å². The number of hydrogen-bond acceptors (Lipinski definition) is 6. The van der Waals surface area contributed by atoms with E-state index in [1.54, 1.807) is 36.4 Å². The van der Waals surface area contributed by atoms with Crippen LogP contribution in [0.3, 0.4) is 0 Å². The fourth-order valence-corrected chi connectivity index (χ4v) is 8.40. The molecular weight excluding hydrogens is 666 g/mol. The summed E-state index contributed by atoms with van der Waals surface area (Å²) < 4.78 is 32.8. The number of halogens is 1. The summed E-state index contributed by atoms with van der Waals surface area (Å²) >= 11 is 3.38. The lowest BCUT2D eigenvalue weighted by Crippen LogP contribution is -2.48. The summed E-state index contributed by atoms with van der Waals surface area (Å²) in [6, 6.07) is 27.6. The largest absolute Gasteiger partial charge is 0.369 e. The number of nitrogens with zero attached hydrogens (tertiary/aromatic N) is 4. The molecule has 2 fully saturated rings. The van der Waals surface area contributed by atoms with Crippen LogP contribution < -0.4 is 15.2 Å². The lowest BCUT2D eigenvalue weighted by Gasteiger charge is -2.44. The molecule has 0 spiro atoms.